The summed E-state index contributed by atoms with van der Waals surface area (Å²) in [6.45, 7) is 3.77. The van der Waals surface area contributed by atoms with Gasteiger partial charge in [0.2, 0.25) is 0 Å². The van der Waals surface area contributed by atoms with Crippen LogP contribution in [-0.4, -0.2) is 19.0 Å². The highest BCUT2D eigenvalue weighted by atomic mass is 32.1. The van der Waals surface area contributed by atoms with E-state index < -0.39 is 0 Å². The van der Waals surface area contributed by atoms with Crippen molar-refractivity contribution in [2.75, 3.05) is 18.4 Å². The summed E-state index contributed by atoms with van der Waals surface area (Å²) < 4.78 is 0. The molecule has 122 valence electrons. The normalized spacial score (nSPS) is 19.9. The predicted molar refractivity (Wildman–Crippen MR) is 99.7 cm³/mol. The number of quaternary nitrogens is 1. The van der Waals surface area contributed by atoms with E-state index in [9.17, 15) is 4.79 Å². The van der Waals surface area contributed by atoms with Crippen molar-refractivity contribution in [2.45, 2.75) is 19.4 Å². The lowest BCUT2D eigenvalue weighted by atomic mass is 10.0. The molecule has 2 N–H and O–H groups in total. The van der Waals surface area contributed by atoms with E-state index in [1.54, 1.807) is 0 Å². The monoisotopic (exact) mass is 337 g/mol. The van der Waals surface area contributed by atoms with Crippen LogP contribution in [0.5, 0.6) is 0 Å². The number of benzene rings is 2. The molecule has 1 amide bonds. The predicted octanol–water partition coefficient (Wildman–Crippen LogP) is 3.04. The van der Waals surface area contributed by atoms with Crippen LogP contribution in [0.4, 0.5) is 5.69 Å². The lowest BCUT2D eigenvalue weighted by Crippen LogP contribution is -3.14. The van der Waals surface area contributed by atoms with Crippen molar-refractivity contribution < 1.29 is 9.69 Å². The third-order valence-electron chi connectivity index (χ3n) is 4.95. The standard InChI is InChI=1S/C20H20N2OS/c1-14-18-9-11-24-19(18)8-10-22(14)13-20(23)21-17-7-6-15-4-2-3-5-16(15)12-17/h2-7,9,11-12,14H,8,10,13H2,1H3,(H,21,23)/p+1/t14-/m0/s1. The first-order chi connectivity index (χ1) is 11.7. The summed E-state index contributed by atoms with van der Waals surface area (Å²) in [5, 5.41) is 7.57. The summed E-state index contributed by atoms with van der Waals surface area (Å²) >= 11 is 1.84. The molecule has 0 fully saturated rings. The summed E-state index contributed by atoms with van der Waals surface area (Å²) in [7, 11) is 0. The van der Waals surface area contributed by atoms with Gasteiger partial charge in [0.25, 0.3) is 5.91 Å². The second kappa shape index (κ2) is 6.38. The van der Waals surface area contributed by atoms with Crippen LogP contribution in [-0.2, 0) is 11.2 Å². The third kappa shape index (κ3) is 2.95. The van der Waals surface area contributed by atoms with E-state index in [0.29, 0.717) is 12.6 Å². The molecule has 0 saturated heterocycles. The summed E-state index contributed by atoms with van der Waals surface area (Å²) in [6.07, 6.45) is 1.08. The van der Waals surface area contributed by atoms with Crippen LogP contribution in [0.1, 0.15) is 23.4 Å². The van der Waals surface area contributed by atoms with Crippen LogP contribution in [0.2, 0.25) is 0 Å². The van der Waals surface area contributed by atoms with Crippen molar-refractivity contribution in [1.82, 2.24) is 0 Å². The van der Waals surface area contributed by atoms with Crippen molar-refractivity contribution in [1.29, 1.82) is 0 Å². The first-order valence-electron chi connectivity index (χ1n) is 8.40. The number of hydrogen-bond donors (Lipinski definition) is 2. The quantitative estimate of drug-likeness (QED) is 0.757. The Morgan fingerprint density at radius 2 is 2.04 bits per heavy atom. The Morgan fingerprint density at radius 1 is 1.21 bits per heavy atom. The average Bonchev–Trinajstić information content (AvgIpc) is 3.07. The zero-order chi connectivity index (χ0) is 16.5. The number of hydrogen-bond acceptors (Lipinski definition) is 2. The van der Waals surface area contributed by atoms with Crippen molar-refractivity contribution in [3.05, 3.63) is 64.4 Å². The van der Waals surface area contributed by atoms with E-state index in [-0.39, 0.29) is 5.91 Å². The Morgan fingerprint density at radius 3 is 2.92 bits per heavy atom. The van der Waals surface area contributed by atoms with E-state index in [2.05, 4.69) is 41.9 Å². The van der Waals surface area contributed by atoms with Crippen LogP contribution < -0.4 is 10.2 Å². The molecule has 0 saturated carbocycles. The summed E-state index contributed by atoms with van der Waals surface area (Å²) in [4.78, 5) is 15.3. The lowest BCUT2D eigenvalue weighted by Gasteiger charge is -2.29. The van der Waals surface area contributed by atoms with Crippen LogP contribution >= 0.6 is 11.3 Å². The maximum atomic E-state index is 12.5. The third-order valence-corrected chi connectivity index (χ3v) is 5.95. The van der Waals surface area contributed by atoms with Gasteiger partial charge in [0, 0.05) is 22.5 Å². The molecule has 4 heteroatoms. The summed E-state index contributed by atoms with van der Waals surface area (Å²) in [5.41, 5.74) is 2.29. The van der Waals surface area contributed by atoms with Gasteiger partial charge in [0.05, 0.1) is 6.54 Å². The highest BCUT2D eigenvalue weighted by Crippen LogP contribution is 2.24. The fourth-order valence-electron chi connectivity index (χ4n) is 3.57. The fourth-order valence-corrected chi connectivity index (χ4v) is 4.55. The van der Waals surface area contributed by atoms with E-state index in [0.717, 1.165) is 24.0 Å². The minimum atomic E-state index is 0.0887. The smallest absolute Gasteiger partial charge is 0.279 e. The maximum absolute atomic E-state index is 12.5. The molecule has 3 aromatic rings. The van der Waals surface area contributed by atoms with Gasteiger partial charge in [-0.15, -0.1) is 11.3 Å². The highest BCUT2D eigenvalue weighted by molar-refractivity contribution is 7.10. The molecule has 3 nitrogen and oxygen atoms in total. The molecule has 0 aliphatic carbocycles. The molecule has 2 aromatic carbocycles. The largest absolute Gasteiger partial charge is 0.321 e. The number of carbonyl (C=O) groups excluding carboxylic acids is 1. The fraction of sp³-hybridized carbons (Fsp3) is 0.250. The number of rotatable bonds is 3. The number of carbonyl (C=O) groups is 1. The van der Waals surface area contributed by atoms with E-state index >= 15 is 0 Å². The molecule has 1 unspecified atom stereocenters. The Hall–Kier alpha value is -2.17. The van der Waals surface area contributed by atoms with Gasteiger partial charge in [-0.05, 0) is 41.3 Å². The molecule has 2 atom stereocenters. The molecular weight excluding hydrogens is 316 g/mol. The number of amides is 1. The van der Waals surface area contributed by atoms with E-state index in [4.69, 9.17) is 0 Å². The van der Waals surface area contributed by atoms with Gasteiger partial charge in [-0.2, -0.15) is 0 Å². The minimum Gasteiger partial charge on any atom is -0.321 e. The molecule has 2 heterocycles. The van der Waals surface area contributed by atoms with Crippen molar-refractivity contribution >= 4 is 33.7 Å². The SMILES string of the molecule is C[C@H]1c2ccsc2CC[NH+]1CC(=O)Nc1ccc2ccccc2c1. The van der Waals surface area contributed by atoms with Gasteiger partial charge >= 0.3 is 0 Å². The van der Waals surface area contributed by atoms with Crippen molar-refractivity contribution in [2.24, 2.45) is 0 Å². The first kappa shape index (κ1) is 15.4. The molecule has 1 aliphatic heterocycles. The van der Waals surface area contributed by atoms with E-state index in [1.807, 2.05) is 35.6 Å². The molecule has 0 spiro atoms. The Kier molecular flexibility index (Phi) is 4.08. The molecule has 4 rings (SSSR count). The van der Waals surface area contributed by atoms with Gasteiger partial charge in [-0.25, -0.2) is 0 Å². The Balaban J connectivity index is 1.44. The summed E-state index contributed by atoms with van der Waals surface area (Å²) in [5.74, 6) is 0.0887. The van der Waals surface area contributed by atoms with Gasteiger partial charge in [0.1, 0.15) is 6.04 Å². The second-order valence-electron chi connectivity index (χ2n) is 6.47. The van der Waals surface area contributed by atoms with Crippen molar-refractivity contribution in [3.8, 4) is 0 Å². The van der Waals surface area contributed by atoms with Gasteiger partial charge in [-0.3, -0.25) is 4.79 Å². The van der Waals surface area contributed by atoms with Crippen LogP contribution in [0.25, 0.3) is 10.8 Å². The second-order valence-corrected chi connectivity index (χ2v) is 7.47. The van der Waals surface area contributed by atoms with E-state index in [1.165, 1.54) is 20.7 Å². The molecule has 0 radical (unpaired) electrons. The van der Waals surface area contributed by atoms with Crippen molar-refractivity contribution in [3.63, 3.8) is 0 Å². The number of thiophene rings is 1. The summed E-state index contributed by atoms with van der Waals surface area (Å²) in [6, 6.07) is 16.9. The Bertz CT molecular complexity index is 886. The highest BCUT2D eigenvalue weighted by Gasteiger charge is 2.29. The number of nitrogens with one attached hydrogen (secondary N) is 2. The van der Waals surface area contributed by atoms with Crippen LogP contribution in [0.3, 0.4) is 0 Å². The average molecular weight is 337 g/mol. The Labute approximate surface area is 145 Å². The molecule has 24 heavy (non-hydrogen) atoms. The van der Waals surface area contributed by atoms with Gasteiger partial charge < -0.3 is 10.2 Å². The first-order valence-corrected chi connectivity index (χ1v) is 9.28. The lowest BCUT2D eigenvalue weighted by molar-refractivity contribution is -0.923. The molecule has 1 aromatic heterocycles. The van der Waals surface area contributed by atoms with Gasteiger partial charge in [0.15, 0.2) is 6.54 Å². The zero-order valence-electron chi connectivity index (χ0n) is 13.7. The topological polar surface area (TPSA) is 33.5 Å². The van der Waals surface area contributed by atoms with Crippen LogP contribution in [0, 0.1) is 0 Å². The molecule has 0 bridgehead atoms. The maximum Gasteiger partial charge on any atom is 0.279 e. The number of anilines is 1. The van der Waals surface area contributed by atoms with Gasteiger partial charge in [-0.1, -0.05) is 30.3 Å². The molecular formula is C20H21N2OS+. The zero-order valence-corrected chi connectivity index (χ0v) is 14.5. The number of fused-ring (bicyclic) bond motifs is 2. The van der Waals surface area contributed by atoms with Crippen LogP contribution in [0.15, 0.2) is 53.9 Å². The molecule has 1 aliphatic rings. The minimum absolute atomic E-state index is 0.0887.